The first-order chi connectivity index (χ1) is 9.19. The van der Waals surface area contributed by atoms with Crippen LogP contribution in [0.1, 0.15) is 51.9 Å². The summed E-state index contributed by atoms with van der Waals surface area (Å²) in [6, 6.07) is 1.44. The van der Waals surface area contributed by atoms with E-state index in [0.717, 1.165) is 6.04 Å². The molecular formula is C16H35N3. The second kappa shape index (κ2) is 9.73. The summed E-state index contributed by atoms with van der Waals surface area (Å²) in [5.74, 6) is 0. The maximum atomic E-state index is 3.58. The molecule has 1 aliphatic rings. The van der Waals surface area contributed by atoms with Crippen LogP contribution in [0.2, 0.25) is 0 Å². The van der Waals surface area contributed by atoms with Crippen LogP contribution in [0.3, 0.4) is 0 Å². The lowest BCUT2D eigenvalue weighted by atomic mass is 9.91. The van der Waals surface area contributed by atoms with E-state index in [0.29, 0.717) is 6.04 Å². The number of nitrogens with zero attached hydrogens (tertiary/aromatic N) is 2. The molecular weight excluding hydrogens is 234 g/mol. The van der Waals surface area contributed by atoms with Gasteiger partial charge >= 0.3 is 0 Å². The fourth-order valence-electron chi connectivity index (χ4n) is 3.39. The van der Waals surface area contributed by atoms with Crippen LogP contribution < -0.4 is 5.32 Å². The number of hydrogen-bond acceptors (Lipinski definition) is 3. The molecule has 1 N–H and O–H groups in total. The maximum Gasteiger partial charge on any atom is 0.0249 e. The molecule has 1 fully saturated rings. The molecule has 19 heavy (non-hydrogen) atoms. The van der Waals surface area contributed by atoms with Crippen molar-refractivity contribution in [1.29, 1.82) is 0 Å². The lowest BCUT2D eigenvalue weighted by Crippen LogP contribution is -2.50. The highest BCUT2D eigenvalue weighted by Crippen LogP contribution is 2.22. The Labute approximate surface area is 120 Å². The first-order valence-electron chi connectivity index (χ1n) is 8.25. The summed E-state index contributed by atoms with van der Waals surface area (Å²) in [7, 11) is 6.48. The molecule has 114 valence electrons. The van der Waals surface area contributed by atoms with Gasteiger partial charge in [0.05, 0.1) is 0 Å². The number of hydrogen-bond donors (Lipinski definition) is 1. The average molecular weight is 269 g/mol. The van der Waals surface area contributed by atoms with E-state index in [-0.39, 0.29) is 0 Å². The number of nitrogens with one attached hydrogen (secondary N) is 1. The van der Waals surface area contributed by atoms with Gasteiger partial charge in [-0.25, -0.2) is 0 Å². The van der Waals surface area contributed by atoms with E-state index in [1.165, 1.54) is 64.6 Å². The zero-order valence-corrected chi connectivity index (χ0v) is 13.6. The first kappa shape index (κ1) is 16.9. The molecule has 1 saturated carbocycles. The Hall–Kier alpha value is -0.120. The topological polar surface area (TPSA) is 18.5 Å². The lowest BCUT2D eigenvalue weighted by molar-refractivity contribution is 0.137. The summed E-state index contributed by atoms with van der Waals surface area (Å²) in [4.78, 5) is 5.01. The van der Waals surface area contributed by atoms with E-state index in [4.69, 9.17) is 0 Å². The molecule has 0 aromatic carbocycles. The second-order valence-corrected chi connectivity index (χ2v) is 6.24. The van der Waals surface area contributed by atoms with E-state index in [9.17, 15) is 0 Å². The molecule has 0 aromatic rings. The highest BCUT2D eigenvalue weighted by molar-refractivity contribution is 4.85. The summed E-state index contributed by atoms with van der Waals surface area (Å²) in [6.07, 6.45) is 9.69. The van der Waals surface area contributed by atoms with Gasteiger partial charge < -0.3 is 10.2 Å². The Kier molecular flexibility index (Phi) is 8.67. The quantitative estimate of drug-likeness (QED) is 0.766. The van der Waals surface area contributed by atoms with Gasteiger partial charge in [-0.3, -0.25) is 4.90 Å². The molecule has 1 rings (SSSR count). The van der Waals surface area contributed by atoms with Gasteiger partial charge in [0.2, 0.25) is 0 Å². The minimum absolute atomic E-state index is 0.694. The van der Waals surface area contributed by atoms with Gasteiger partial charge in [0.1, 0.15) is 0 Å². The molecule has 0 bridgehead atoms. The normalized spacial score (nSPS) is 25.6. The Morgan fingerprint density at radius 2 is 1.68 bits per heavy atom. The van der Waals surface area contributed by atoms with Crippen LogP contribution in [0.5, 0.6) is 0 Å². The molecule has 0 saturated heterocycles. The predicted molar refractivity (Wildman–Crippen MR) is 84.8 cm³/mol. The zero-order valence-electron chi connectivity index (χ0n) is 13.6. The van der Waals surface area contributed by atoms with Crippen LogP contribution in [0.25, 0.3) is 0 Å². The van der Waals surface area contributed by atoms with Crippen LogP contribution in [0, 0.1) is 0 Å². The highest BCUT2D eigenvalue weighted by atomic mass is 15.2. The summed E-state index contributed by atoms with van der Waals surface area (Å²) in [6.45, 7) is 5.96. The van der Waals surface area contributed by atoms with Crippen LogP contribution >= 0.6 is 0 Å². The SMILES string of the molecule is CCN(CCCN(C)C)C1CCCCCCC1NC. The minimum Gasteiger partial charge on any atom is -0.315 e. The molecule has 0 amide bonds. The van der Waals surface area contributed by atoms with Crippen molar-refractivity contribution >= 4 is 0 Å². The van der Waals surface area contributed by atoms with Gasteiger partial charge in [0.25, 0.3) is 0 Å². The molecule has 0 spiro atoms. The largest absolute Gasteiger partial charge is 0.315 e. The third-order valence-corrected chi connectivity index (χ3v) is 4.53. The Morgan fingerprint density at radius 3 is 2.26 bits per heavy atom. The van der Waals surface area contributed by atoms with E-state index in [1.807, 2.05) is 0 Å². The summed E-state index contributed by atoms with van der Waals surface area (Å²) >= 11 is 0. The van der Waals surface area contributed by atoms with Gasteiger partial charge in [-0.2, -0.15) is 0 Å². The summed E-state index contributed by atoms with van der Waals surface area (Å²) < 4.78 is 0. The van der Waals surface area contributed by atoms with Gasteiger partial charge in [0, 0.05) is 12.1 Å². The van der Waals surface area contributed by atoms with Gasteiger partial charge in [-0.15, -0.1) is 0 Å². The standard InChI is InChI=1S/C16H35N3/c1-5-19(14-10-13-18(3)4)16-12-9-7-6-8-11-15(16)17-2/h15-17H,5-14H2,1-4H3. The van der Waals surface area contributed by atoms with Crippen molar-refractivity contribution in [2.45, 2.75) is 64.0 Å². The van der Waals surface area contributed by atoms with Gasteiger partial charge in [0.15, 0.2) is 0 Å². The minimum atomic E-state index is 0.694. The number of rotatable bonds is 7. The van der Waals surface area contributed by atoms with E-state index in [1.54, 1.807) is 0 Å². The molecule has 0 radical (unpaired) electrons. The van der Waals surface area contributed by atoms with Crippen LogP contribution in [0.15, 0.2) is 0 Å². The molecule has 1 aliphatic carbocycles. The third-order valence-electron chi connectivity index (χ3n) is 4.53. The van der Waals surface area contributed by atoms with Gasteiger partial charge in [-0.1, -0.05) is 32.6 Å². The number of likely N-dealkylation sites (N-methyl/N-ethyl adjacent to an activating group) is 2. The zero-order chi connectivity index (χ0) is 14.1. The highest BCUT2D eigenvalue weighted by Gasteiger charge is 2.25. The Bertz CT molecular complexity index is 218. The van der Waals surface area contributed by atoms with Gasteiger partial charge in [-0.05, 0) is 60.0 Å². The maximum absolute atomic E-state index is 3.58. The molecule has 3 nitrogen and oxygen atoms in total. The Morgan fingerprint density at radius 1 is 1.00 bits per heavy atom. The van der Waals surface area contributed by atoms with Crippen LogP contribution in [-0.2, 0) is 0 Å². The molecule has 3 heteroatoms. The molecule has 2 unspecified atom stereocenters. The van der Waals surface area contributed by atoms with Crippen molar-refractivity contribution in [2.24, 2.45) is 0 Å². The molecule has 2 atom stereocenters. The molecule has 0 aliphatic heterocycles. The molecule has 0 heterocycles. The fraction of sp³-hybridized carbons (Fsp3) is 1.00. The predicted octanol–water partition coefficient (Wildman–Crippen LogP) is 2.57. The molecule has 0 aromatic heterocycles. The van der Waals surface area contributed by atoms with Crippen molar-refractivity contribution in [1.82, 2.24) is 15.1 Å². The summed E-state index contributed by atoms with van der Waals surface area (Å²) in [5, 5.41) is 3.58. The van der Waals surface area contributed by atoms with Crippen molar-refractivity contribution in [3.05, 3.63) is 0 Å². The van der Waals surface area contributed by atoms with Crippen molar-refractivity contribution in [3.63, 3.8) is 0 Å². The van der Waals surface area contributed by atoms with Crippen LogP contribution in [-0.4, -0.2) is 62.7 Å². The third kappa shape index (κ3) is 6.24. The van der Waals surface area contributed by atoms with Crippen LogP contribution in [0.4, 0.5) is 0 Å². The Balaban J connectivity index is 2.52. The lowest BCUT2D eigenvalue weighted by Gasteiger charge is -2.38. The van der Waals surface area contributed by atoms with Crippen molar-refractivity contribution in [2.75, 3.05) is 40.8 Å². The van der Waals surface area contributed by atoms with E-state index >= 15 is 0 Å². The van der Waals surface area contributed by atoms with Crippen molar-refractivity contribution in [3.8, 4) is 0 Å². The second-order valence-electron chi connectivity index (χ2n) is 6.24. The van der Waals surface area contributed by atoms with E-state index in [2.05, 4.69) is 43.2 Å². The van der Waals surface area contributed by atoms with Crippen molar-refractivity contribution < 1.29 is 0 Å². The van der Waals surface area contributed by atoms with E-state index < -0.39 is 0 Å². The summed E-state index contributed by atoms with van der Waals surface area (Å²) in [5.41, 5.74) is 0. The first-order valence-corrected chi connectivity index (χ1v) is 8.25. The average Bonchev–Trinajstić information content (AvgIpc) is 2.35. The smallest absolute Gasteiger partial charge is 0.0249 e. The monoisotopic (exact) mass is 269 g/mol. The fourth-order valence-corrected chi connectivity index (χ4v) is 3.39.